The second-order valence-corrected chi connectivity index (χ2v) is 5.19. The van der Waals surface area contributed by atoms with E-state index in [4.69, 9.17) is 5.11 Å². The van der Waals surface area contributed by atoms with Gasteiger partial charge >= 0.3 is 5.97 Å². The monoisotopic (exact) mass is 237 g/mol. The first-order valence-electron chi connectivity index (χ1n) is 6.30. The van der Waals surface area contributed by atoms with Crippen LogP contribution in [0, 0.1) is 5.92 Å². The quantitative estimate of drug-likeness (QED) is 0.733. The summed E-state index contributed by atoms with van der Waals surface area (Å²) in [7, 11) is 0. The third-order valence-electron chi connectivity index (χ3n) is 3.82. The molecule has 0 heterocycles. The Morgan fingerprint density at radius 1 is 1.24 bits per heavy atom. The number of carbonyl (C=O) groups is 2. The summed E-state index contributed by atoms with van der Waals surface area (Å²) in [4.78, 5) is 22.9. The van der Waals surface area contributed by atoms with E-state index in [1.165, 1.54) is 0 Å². The van der Waals surface area contributed by atoms with Gasteiger partial charge in [-0.1, -0.05) is 25.0 Å². The summed E-state index contributed by atoms with van der Waals surface area (Å²) in [5.41, 5.74) is -0.481. The van der Waals surface area contributed by atoms with Crippen molar-refractivity contribution in [2.45, 2.75) is 50.5 Å². The van der Waals surface area contributed by atoms with Crippen LogP contribution in [0.4, 0.5) is 0 Å². The Morgan fingerprint density at radius 2 is 1.82 bits per heavy atom. The maximum absolute atomic E-state index is 12.0. The Bertz CT molecular complexity index is 335. The molecule has 0 unspecified atom stereocenters. The molecule has 0 saturated heterocycles. The van der Waals surface area contributed by atoms with Crippen molar-refractivity contribution in [2.24, 2.45) is 5.92 Å². The highest BCUT2D eigenvalue weighted by molar-refractivity contribution is 5.81. The fourth-order valence-electron chi connectivity index (χ4n) is 2.88. The molecule has 0 spiro atoms. The van der Waals surface area contributed by atoms with E-state index in [9.17, 15) is 9.59 Å². The summed E-state index contributed by atoms with van der Waals surface area (Å²) in [6.45, 7) is 0. The van der Waals surface area contributed by atoms with E-state index in [1.807, 2.05) is 12.2 Å². The molecular formula is C13H19NO3. The van der Waals surface area contributed by atoms with E-state index >= 15 is 0 Å². The molecule has 0 bridgehead atoms. The summed E-state index contributed by atoms with van der Waals surface area (Å²) in [6, 6.07) is 0. The zero-order chi connectivity index (χ0) is 12.3. The van der Waals surface area contributed by atoms with Crippen molar-refractivity contribution in [1.82, 2.24) is 5.32 Å². The molecule has 1 amide bonds. The van der Waals surface area contributed by atoms with Gasteiger partial charge in [0.2, 0.25) is 5.91 Å². The zero-order valence-corrected chi connectivity index (χ0v) is 9.95. The van der Waals surface area contributed by atoms with Crippen LogP contribution in [-0.4, -0.2) is 22.5 Å². The van der Waals surface area contributed by atoms with Crippen LogP contribution in [0.2, 0.25) is 0 Å². The highest BCUT2D eigenvalue weighted by Gasteiger charge is 2.38. The van der Waals surface area contributed by atoms with E-state index < -0.39 is 11.5 Å². The SMILES string of the molecule is O=C(O)CC1(NC(=O)C2CC=CC2)CCCC1. The Hall–Kier alpha value is -1.32. The fraction of sp³-hybridized carbons (Fsp3) is 0.692. The molecule has 0 atom stereocenters. The van der Waals surface area contributed by atoms with E-state index in [1.54, 1.807) is 0 Å². The number of carbonyl (C=O) groups excluding carboxylic acids is 1. The van der Waals surface area contributed by atoms with Crippen LogP contribution in [0.3, 0.4) is 0 Å². The molecule has 4 nitrogen and oxygen atoms in total. The molecule has 0 aromatic rings. The van der Waals surface area contributed by atoms with Crippen LogP contribution in [-0.2, 0) is 9.59 Å². The second-order valence-electron chi connectivity index (χ2n) is 5.19. The average Bonchev–Trinajstić information content (AvgIpc) is 2.86. The van der Waals surface area contributed by atoms with Crippen molar-refractivity contribution >= 4 is 11.9 Å². The van der Waals surface area contributed by atoms with Crippen molar-refractivity contribution in [3.05, 3.63) is 12.2 Å². The largest absolute Gasteiger partial charge is 0.481 e. The Morgan fingerprint density at radius 3 is 2.35 bits per heavy atom. The summed E-state index contributed by atoms with van der Waals surface area (Å²) in [5, 5.41) is 12.0. The van der Waals surface area contributed by atoms with Crippen LogP contribution in [0.1, 0.15) is 44.9 Å². The van der Waals surface area contributed by atoms with Crippen molar-refractivity contribution in [1.29, 1.82) is 0 Å². The summed E-state index contributed by atoms with van der Waals surface area (Å²) >= 11 is 0. The minimum absolute atomic E-state index is 0.0151. The van der Waals surface area contributed by atoms with Gasteiger partial charge < -0.3 is 10.4 Å². The van der Waals surface area contributed by atoms with Crippen LogP contribution in [0.5, 0.6) is 0 Å². The van der Waals surface area contributed by atoms with Gasteiger partial charge in [0.05, 0.1) is 12.0 Å². The van der Waals surface area contributed by atoms with Gasteiger partial charge in [0.1, 0.15) is 0 Å². The lowest BCUT2D eigenvalue weighted by Crippen LogP contribution is -2.49. The van der Waals surface area contributed by atoms with Gasteiger partial charge in [-0.05, 0) is 25.7 Å². The van der Waals surface area contributed by atoms with Gasteiger partial charge in [-0.3, -0.25) is 9.59 Å². The maximum atomic E-state index is 12.0. The number of aliphatic carboxylic acids is 1. The lowest BCUT2D eigenvalue weighted by Gasteiger charge is -2.30. The van der Waals surface area contributed by atoms with Crippen molar-refractivity contribution in [3.8, 4) is 0 Å². The summed E-state index contributed by atoms with van der Waals surface area (Å²) in [6.07, 6.45) is 9.28. The molecule has 0 radical (unpaired) electrons. The normalized spacial score (nSPS) is 22.8. The Balaban J connectivity index is 1.97. The Labute approximate surface area is 101 Å². The zero-order valence-electron chi connectivity index (χ0n) is 9.95. The molecule has 2 N–H and O–H groups in total. The van der Waals surface area contributed by atoms with Crippen LogP contribution < -0.4 is 5.32 Å². The molecule has 2 aliphatic rings. The highest BCUT2D eigenvalue weighted by Crippen LogP contribution is 2.33. The predicted molar refractivity (Wildman–Crippen MR) is 63.5 cm³/mol. The van der Waals surface area contributed by atoms with Gasteiger partial charge in [-0.15, -0.1) is 0 Å². The molecule has 4 heteroatoms. The van der Waals surface area contributed by atoms with Gasteiger partial charge in [0.15, 0.2) is 0 Å². The van der Waals surface area contributed by atoms with Crippen LogP contribution in [0.25, 0.3) is 0 Å². The fourth-order valence-corrected chi connectivity index (χ4v) is 2.88. The lowest BCUT2D eigenvalue weighted by molar-refractivity contribution is -0.139. The third kappa shape index (κ3) is 2.87. The van der Waals surface area contributed by atoms with Gasteiger partial charge in [-0.2, -0.15) is 0 Å². The minimum Gasteiger partial charge on any atom is -0.481 e. The molecule has 1 fully saturated rings. The molecule has 17 heavy (non-hydrogen) atoms. The number of amides is 1. The number of nitrogens with one attached hydrogen (secondary N) is 1. The molecule has 0 aromatic carbocycles. The number of carboxylic acid groups (broad SMARTS) is 1. The van der Waals surface area contributed by atoms with Crippen LogP contribution in [0.15, 0.2) is 12.2 Å². The van der Waals surface area contributed by atoms with Crippen molar-refractivity contribution in [3.63, 3.8) is 0 Å². The molecule has 2 rings (SSSR count). The molecule has 0 aliphatic heterocycles. The average molecular weight is 237 g/mol. The van der Waals surface area contributed by atoms with Crippen molar-refractivity contribution in [2.75, 3.05) is 0 Å². The van der Waals surface area contributed by atoms with E-state index in [2.05, 4.69) is 5.32 Å². The van der Waals surface area contributed by atoms with Crippen LogP contribution >= 0.6 is 0 Å². The van der Waals surface area contributed by atoms with Gasteiger partial charge in [-0.25, -0.2) is 0 Å². The predicted octanol–water partition coefficient (Wildman–Crippen LogP) is 1.86. The number of hydrogen-bond acceptors (Lipinski definition) is 2. The number of hydrogen-bond donors (Lipinski definition) is 2. The highest BCUT2D eigenvalue weighted by atomic mass is 16.4. The number of rotatable bonds is 4. The first kappa shape index (κ1) is 12.1. The second kappa shape index (κ2) is 4.90. The van der Waals surface area contributed by atoms with Crippen molar-refractivity contribution < 1.29 is 14.7 Å². The lowest BCUT2D eigenvalue weighted by atomic mass is 9.92. The van der Waals surface area contributed by atoms with Gasteiger partial charge in [0.25, 0.3) is 0 Å². The molecule has 0 aromatic heterocycles. The molecule has 94 valence electrons. The smallest absolute Gasteiger partial charge is 0.305 e. The maximum Gasteiger partial charge on any atom is 0.305 e. The number of allylic oxidation sites excluding steroid dienone is 2. The summed E-state index contributed by atoms with van der Waals surface area (Å²) < 4.78 is 0. The minimum atomic E-state index is -0.822. The Kier molecular flexibility index (Phi) is 3.50. The van der Waals surface area contributed by atoms with E-state index in [0.717, 1.165) is 38.5 Å². The van der Waals surface area contributed by atoms with E-state index in [-0.39, 0.29) is 18.2 Å². The first-order valence-corrected chi connectivity index (χ1v) is 6.30. The first-order chi connectivity index (χ1) is 8.11. The topological polar surface area (TPSA) is 66.4 Å². The standard InChI is InChI=1S/C13H19NO3/c15-11(16)9-13(7-3-4-8-13)14-12(17)10-5-1-2-6-10/h1-2,10H,3-9H2,(H,14,17)(H,15,16). The number of carboxylic acids is 1. The summed E-state index contributed by atoms with van der Waals surface area (Å²) in [5.74, 6) is -0.781. The molecule has 1 saturated carbocycles. The van der Waals surface area contributed by atoms with Gasteiger partial charge in [0, 0.05) is 5.92 Å². The van der Waals surface area contributed by atoms with E-state index in [0.29, 0.717) is 0 Å². The molecule has 2 aliphatic carbocycles. The third-order valence-corrected chi connectivity index (χ3v) is 3.82. The molecular weight excluding hydrogens is 218 g/mol.